The third kappa shape index (κ3) is 2.45. The van der Waals surface area contributed by atoms with Gasteiger partial charge in [-0.2, -0.15) is 0 Å². The molecule has 0 amide bonds. The Bertz CT molecular complexity index is 402. The highest BCUT2D eigenvalue weighted by Gasteiger charge is 2.31. The van der Waals surface area contributed by atoms with Crippen LogP contribution in [0.4, 0.5) is 0 Å². The number of hydrogen-bond acceptors (Lipinski definition) is 2. The topological polar surface area (TPSA) is 34.1 Å². The van der Waals surface area contributed by atoms with Crippen LogP contribution >= 0.6 is 0 Å². The van der Waals surface area contributed by atoms with Crippen molar-refractivity contribution in [2.45, 2.75) is 19.3 Å². The number of rotatable bonds is 3. The molecule has 1 aliphatic carbocycles. The first-order chi connectivity index (χ1) is 7.77. The monoisotopic (exact) mass is 214 g/mol. The van der Waals surface area contributed by atoms with Crippen molar-refractivity contribution in [2.24, 2.45) is 5.92 Å². The smallest absolute Gasteiger partial charge is 0.144 e. The van der Waals surface area contributed by atoms with Crippen LogP contribution < -0.4 is 0 Å². The van der Waals surface area contributed by atoms with E-state index in [2.05, 4.69) is 0 Å². The Morgan fingerprint density at radius 2 is 1.69 bits per heavy atom. The second kappa shape index (κ2) is 4.88. The van der Waals surface area contributed by atoms with E-state index in [-0.39, 0.29) is 17.5 Å². The van der Waals surface area contributed by atoms with Crippen molar-refractivity contribution >= 4 is 17.6 Å². The summed E-state index contributed by atoms with van der Waals surface area (Å²) in [6, 6.07) is 9.88. The van der Waals surface area contributed by atoms with Crippen molar-refractivity contribution in [1.29, 1.82) is 0 Å². The zero-order valence-corrected chi connectivity index (χ0v) is 9.06. The van der Waals surface area contributed by atoms with Crippen molar-refractivity contribution in [3.05, 3.63) is 42.0 Å². The Kier molecular flexibility index (Phi) is 3.30. The van der Waals surface area contributed by atoms with Crippen LogP contribution in [-0.4, -0.2) is 11.6 Å². The average molecular weight is 214 g/mol. The van der Waals surface area contributed by atoms with E-state index >= 15 is 0 Å². The van der Waals surface area contributed by atoms with Gasteiger partial charge in [-0.05, 0) is 12.0 Å². The molecule has 0 N–H and O–H groups in total. The molecule has 2 rings (SSSR count). The van der Waals surface area contributed by atoms with E-state index in [1.807, 2.05) is 42.5 Å². The molecule has 1 aliphatic rings. The van der Waals surface area contributed by atoms with Crippen molar-refractivity contribution < 1.29 is 9.59 Å². The molecule has 1 fully saturated rings. The summed E-state index contributed by atoms with van der Waals surface area (Å²) in [5.41, 5.74) is 1.10. The maximum absolute atomic E-state index is 11.4. The van der Waals surface area contributed by atoms with Crippen LogP contribution in [0.2, 0.25) is 0 Å². The first-order valence-corrected chi connectivity index (χ1v) is 5.54. The molecule has 0 bridgehead atoms. The Labute approximate surface area is 95.0 Å². The molecule has 0 unspecified atom stereocenters. The maximum Gasteiger partial charge on any atom is 0.144 e. The Balaban J connectivity index is 1.95. The van der Waals surface area contributed by atoms with Gasteiger partial charge in [0.15, 0.2) is 0 Å². The van der Waals surface area contributed by atoms with E-state index < -0.39 is 0 Å². The number of benzene rings is 1. The Morgan fingerprint density at radius 1 is 1.06 bits per heavy atom. The second-order valence-corrected chi connectivity index (χ2v) is 4.03. The molecule has 0 heterocycles. The fourth-order valence-corrected chi connectivity index (χ4v) is 1.94. The third-order valence-corrected chi connectivity index (χ3v) is 2.88. The summed E-state index contributed by atoms with van der Waals surface area (Å²) in [6.07, 6.45) is 5.29. The van der Waals surface area contributed by atoms with Gasteiger partial charge in [-0.15, -0.1) is 0 Å². The molecule has 0 saturated heterocycles. The largest absolute Gasteiger partial charge is 0.299 e. The lowest BCUT2D eigenvalue weighted by Gasteiger charge is -2.01. The predicted molar refractivity (Wildman–Crippen MR) is 62.8 cm³/mol. The van der Waals surface area contributed by atoms with Gasteiger partial charge < -0.3 is 0 Å². The van der Waals surface area contributed by atoms with Gasteiger partial charge in [-0.3, -0.25) is 9.59 Å². The molecule has 82 valence electrons. The van der Waals surface area contributed by atoms with Crippen LogP contribution in [0.25, 0.3) is 6.08 Å². The summed E-state index contributed by atoms with van der Waals surface area (Å²) in [6.45, 7) is 0. The standard InChI is InChI=1S/C14H14O2/c15-13-9-10-14(16)12(13)8-4-7-11-5-2-1-3-6-11/h1-7,12H,8-10H2/b7-4+. The molecule has 2 heteroatoms. The van der Waals surface area contributed by atoms with Gasteiger partial charge in [-0.1, -0.05) is 42.5 Å². The molecule has 2 nitrogen and oxygen atoms in total. The molecular formula is C14H14O2. The van der Waals surface area contributed by atoms with Gasteiger partial charge in [0.1, 0.15) is 11.6 Å². The highest BCUT2D eigenvalue weighted by Crippen LogP contribution is 2.21. The van der Waals surface area contributed by atoms with Gasteiger partial charge in [0.2, 0.25) is 0 Å². The number of Topliss-reactive ketones (excluding diaryl/α,β-unsaturated/α-hetero) is 2. The molecule has 0 aromatic heterocycles. The van der Waals surface area contributed by atoms with Crippen LogP contribution in [0.1, 0.15) is 24.8 Å². The first kappa shape index (κ1) is 10.8. The Hall–Kier alpha value is -1.70. The van der Waals surface area contributed by atoms with Gasteiger partial charge in [0.05, 0.1) is 5.92 Å². The number of carbonyl (C=O) groups is 2. The number of allylic oxidation sites excluding steroid dienone is 1. The highest BCUT2D eigenvalue weighted by atomic mass is 16.2. The predicted octanol–water partition coefficient (Wildman–Crippen LogP) is 2.64. The quantitative estimate of drug-likeness (QED) is 0.725. The van der Waals surface area contributed by atoms with Crippen molar-refractivity contribution in [1.82, 2.24) is 0 Å². The minimum absolute atomic E-state index is 0.0997. The molecule has 0 aliphatic heterocycles. The fourth-order valence-electron chi connectivity index (χ4n) is 1.94. The number of ketones is 2. The number of hydrogen-bond donors (Lipinski definition) is 0. The summed E-state index contributed by atoms with van der Waals surface area (Å²) in [4.78, 5) is 22.7. The maximum atomic E-state index is 11.4. The van der Waals surface area contributed by atoms with Crippen LogP contribution in [-0.2, 0) is 9.59 Å². The summed E-state index contributed by atoms with van der Waals surface area (Å²) in [5.74, 6) is -0.176. The fraction of sp³-hybridized carbons (Fsp3) is 0.286. The van der Waals surface area contributed by atoms with E-state index in [9.17, 15) is 9.59 Å². The molecular weight excluding hydrogens is 200 g/mol. The van der Waals surface area contributed by atoms with Crippen LogP contribution in [0.5, 0.6) is 0 Å². The van der Waals surface area contributed by atoms with Crippen LogP contribution in [0, 0.1) is 5.92 Å². The van der Waals surface area contributed by atoms with E-state index in [0.717, 1.165) is 5.56 Å². The van der Waals surface area contributed by atoms with Crippen molar-refractivity contribution in [2.75, 3.05) is 0 Å². The third-order valence-electron chi connectivity index (χ3n) is 2.88. The van der Waals surface area contributed by atoms with Gasteiger partial charge in [0, 0.05) is 12.8 Å². The van der Waals surface area contributed by atoms with Crippen LogP contribution in [0.15, 0.2) is 36.4 Å². The molecule has 0 radical (unpaired) electrons. The SMILES string of the molecule is O=C1CCC(=O)C1C/C=C/c1ccccc1. The average Bonchev–Trinajstić information content (AvgIpc) is 2.62. The minimum atomic E-state index is -0.375. The lowest BCUT2D eigenvalue weighted by molar-refractivity contribution is -0.126. The van der Waals surface area contributed by atoms with Crippen LogP contribution in [0.3, 0.4) is 0 Å². The molecule has 0 atom stereocenters. The Morgan fingerprint density at radius 3 is 2.31 bits per heavy atom. The van der Waals surface area contributed by atoms with E-state index in [1.54, 1.807) is 0 Å². The van der Waals surface area contributed by atoms with Gasteiger partial charge >= 0.3 is 0 Å². The molecule has 0 spiro atoms. The molecule has 16 heavy (non-hydrogen) atoms. The summed E-state index contributed by atoms with van der Waals surface area (Å²) in [7, 11) is 0. The van der Waals surface area contributed by atoms with Gasteiger partial charge in [-0.25, -0.2) is 0 Å². The lowest BCUT2D eigenvalue weighted by Crippen LogP contribution is -2.12. The zero-order chi connectivity index (χ0) is 11.4. The van der Waals surface area contributed by atoms with E-state index in [1.165, 1.54) is 0 Å². The second-order valence-electron chi connectivity index (χ2n) is 4.03. The highest BCUT2D eigenvalue weighted by molar-refractivity contribution is 6.08. The molecule has 1 aromatic carbocycles. The normalized spacial score (nSPS) is 17.5. The zero-order valence-electron chi connectivity index (χ0n) is 9.06. The van der Waals surface area contributed by atoms with Gasteiger partial charge in [0.25, 0.3) is 0 Å². The number of carbonyl (C=O) groups excluding carboxylic acids is 2. The van der Waals surface area contributed by atoms with E-state index in [4.69, 9.17) is 0 Å². The van der Waals surface area contributed by atoms with Crippen molar-refractivity contribution in [3.8, 4) is 0 Å². The lowest BCUT2D eigenvalue weighted by atomic mass is 10.0. The molecule has 1 aromatic rings. The first-order valence-electron chi connectivity index (χ1n) is 5.54. The summed E-state index contributed by atoms with van der Waals surface area (Å²) < 4.78 is 0. The summed E-state index contributed by atoms with van der Waals surface area (Å²) >= 11 is 0. The molecule has 1 saturated carbocycles. The van der Waals surface area contributed by atoms with E-state index in [0.29, 0.717) is 19.3 Å². The van der Waals surface area contributed by atoms with Crippen molar-refractivity contribution in [3.63, 3.8) is 0 Å². The summed E-state index contributed by atoms with van der Waals surface area (Å²) in [5, 5.41) is 0. The minimum Gasteiger partial charge on any atom is -0.299 e.